The lowest BCUT2D eigenvalue weighted by Crippen LogP contribution is -2.50. The molecule has 2 fully saturated rings. The third kappa shape index (κ3) is 4.31. The first-order valence-corrected chi connectivity index (χ1v) is 10.5. The van der Waals surface area contributed by atoms with E-state index in [1.807, 2.05) is 0 Å². The number of sulfonamides is 1. The Balaban J connectivity index is 1.66. The Labute approximate surface area is 155 Å². The number of ether oxygens (including phenoxy) is 3. The zero-order chi connectivity index (χ0) is 18.6. The predicted octanol–water partition coefficient (Wildman–Crippen LogP) is 1.58. The van der Waals surface area contributed by atoms with E-state index in [0.29, 0.717) is 37.7 Å². The maximum absolute atomic E-state index is 13.1. The monoisotopic (exact) mass is 384 g/mol. The zero-order valence-electron chi connectivity index (χ0n) is 15.5. The second kappa shape index (κ2) is 8.56. The van der Waals surface area contributed by atoms with Gasteiger partial charge in [-0.15, -0.1) is 0 Å². The predicted molar refractivity (Wildman–Crippen MR) is 98.3 cm³/mol. The van der Waals surface area contributed by atoms with Crippen LogP contribution < -0.4 is 9.47 Å². The molecule has 0 spiro atoms. The maximum Gasteiger partial charge on any atom is 0.246 e. The van der Waals surface area contributed by atoms with E-state index < -0.39 is 10.0 Å². The number of nitrogens with zero attached hydrogens (tertiary/aromatic N) is 2. The molecule has 3 rings (SSSR count). The molecular formula is C18H28N2O5S. The lowest BCUT2D eigenvalue weighted by Gasteiger charge is -2.36. The Morgan fingerprint density at radius 2 is 1.88 bits per heavy atom. The molecule has 0 aromatic heterocycles. The van der Waals surface area contributed by atoms with Crippen LogP contribution >= 0.6 is 0 Å². The van der Waals surface area contributed by atoms with E-state index in [1.54, 1.807) is 12.1 Å². The van der Waals surface area contributed by atoms with Crippen molar-refractivity contribution < 1.29 is 22.6 Å². The molecule has 146 valence electrons. The molecule has 0 aliphatic carbocycles. The molecule has 0 N–H and O–H groups in total. The lowest BCUT2D eigenvalue weighted by molar-refractivity contribution is -0.0103. The second-order valence-electron chi connectivity index (χ2n) is 6.71. The summed E-state index contributed by atoms with van der Waals surface area (Å²) in [5.74, 6) is 0.835. The van der Waals surface area contributed by atoms with Crippen molar-refractivity contribution >= 4 is 10.0 Å². The fraction of sp³-hybridized carbons (Fsp3) is 0.667. The standard InChI is InChI=1S/C18H28N2O5S/c1-23-15-6-7-17(24-2)18(13-15)26(21,22)20-10-8-19(9-11-20)14-16-5-3-4-12-25-16/h6-7,13,16H,3-5,8-12,14H2,1-2H3/t16-/m0/s1. The van der Waals surface area contributed by atoms with Crippen LogP contribution in [-0.2, 0) is 14.8 Å². The normalized spacial score (nSPS) is 22.9. The van der Waals surface area contributed by atoms with E-state index in [-0.39, 0.29) is 11.0 Å². The summed E-state index contributed by atoms with van der Waals surface area (Å²) in [4.78, 5) is 2.45. The Bertz CT molecular complexity index is 696. The van der Waals surface area contributed by atoms with E-state index in [0.717, 1.165) is 26.0 Å². The van der Waals surface area contributed by atoms with Gasteiger partial charge in [-0.1, -0.05) is 0 Å². The van der Waals surface area contributed by atoms with Gasteiger partial charge in [-0.05, 0) is 31.4 Å². The average Bonchev–Trinajstić information content (AvgIpc) is 2.68. The topological polar surface area (TPSA) is 68.3 Å². The number of rotatable bonds is 6. The first kappa shape index (κ1) is 19.4. The average molecular weight is 384 g/mol. The van der Waals surface area contributed by atoms with Crippen molar-refractivity contribution in [3.05, 3.63) is 18.2 Å². The summed E-state index contributed by atoms with van der Waals surface area (Å²) in [5, 5.41) is 0. The minimum atomic E-state index is -3.62. The molecule has 0 saturated carbocycles. The zero-order valence-corrected chi connectivity index (χ0v) is 16.3. The molecule has 0 unspecified atom stereocenters. The van der Waals surface area contributed by atoms with Gasteiger partial charge < -0.3 is 14.2 Å². The van der Waals surface area contributed by atoms with Crippen LogP contribution in [0, 0.1) is 0 Å². The fourth-order valence-corrected chi connectivity index (χ4v) is 5.11. The molecule has 2 saturated heterocycles. The van der Waals surface area contributed by atoms with E-state index in [1.165, 1.54) is 31.0 Å². The maximum atomic E-state index is 13.1. The first-order chi connectivity index (χ1) is 12.5. The minimum Gasteiger partial charge on any atom is -0.497 e. The molecule has 7 nitrogen and oxygen atoms in total. The number of benzene rings is 1. The summed E-state index contributed by atoms with van der Waals surface area (Å²) in [6.45, 7) is 4.09. The van der Waals surface area contributed by atoms with Crippen LogP contribution in [0.3, 0.4) is 0 Å². The van der Waals surface area contributed by atoms with Gasteiger partial charge in [-0.2, -0.15) is 4.31 Å². The van der Waals surface area contributed by atoms with Crippen LogP contribution in [0.15, 0.2) is 23.1 Å². The van der Waals surface area contributed by atoms with Crippen molar-refractivity contribution in [2.45, 2.75) is 30.3 Å². The quantitative estimate of drug-likeness (QED) is 0.742. The fourth-order valence-electron chi connectivity index (χ4n) is 3.52. The molecule has 1 atom stereocenters. The van der Waals surface area contributed by atoms with E-state index in [9.17, 15) is 8.42 Å². The number of piperazine rings is 1. The lowest BCUT2D eigenvalue weighted by atomic mass is 10.1. The molecule has 0 amide bonds. The van der Waals surface area contributed by atoms with Gasteiger partial charge in [0.25, 0.3) is 0 Å². The Kier molecular flexibility index (Phi) is 6.39. The van der Waals surface area contributed by atoms with Crippen molar-refractivity contribution in [3.8, 4) is 11.5 Å². The van der Waals surface area contributed by atoms with Crippen LogP contribution in [-0.4, -0.2) is 77.3 Å². The van der Waals surface area contributed by atoms with Crippen molar-refractivity contribution in [2.24, 2.45) is 0 Å². The highest BCUT2D eigenvalue weighted by molar-refractivity contribution is 7.89. The highest BCUT2D eigenvalue weighted by Crippen LogP contribution is 2.31. The van der Waals surface area contributed by atoms with Gasteiger partial charge in [0.15, 0.2) is 0 Å². The minimum absolute atomic E-state index is 0.156. The van der Waals surface area contributed by atoms with Crippen LogP contribution in [0.2, 0.25) is 0 Å². The van der Waals surface area contributed by atoms with Crippen LogP contribution in [0.25, 0.3) is 0 Å². The van der Waals surface area contributed by atoms with Crippen molar-refractivity contribution in [2.75, 3.05) is 53.6 Å². The largest absolute Gasteiger partial charge is 0.497 e. The van der Waals surface area contributed by atoms with Gasteiger partial charge in [0, 0.05) is 45.4 Å². The van der Waals surface area contributed by atoms with E-state index >= 15 is 0 Å². The first-order valence-electron chi connectivity index (χ1n) is 9.10. The molecule has 1 aromatic rings. The van der Waals surface area contributed by atoms with E-state index in [2.05, 4.69) is 4.90 Å². The van der Waals surface area contributed by atoms with Crippen molar-refractivity contribution in [1.82, 2.24) is 9.21 Å². The summed E-state index contributed by atoms with van der Waals surface area (Å²) < 4.78 is 43.9. The van der Waals surface area contributed by atoms with Gasteiger partial charge in [-0.25, -0.2) is 8.42 Å². The summed E-state index contributed by atoms with van der Waals surface area (Å²) in [6, 6.07) is 4.85. The SMILES string of the molecule is COc1ccc(OC)c(S(=O)(=O)N2CCN(C[C@@H]3CCCCO3)CC2)c1. The number of hydrogen-bond donors (Lipinski definition) is 0. The summed E-state index contributed by atoms with van der Waals surface area (Å²) in [7, 11) is -0.630. The highest BCUT2D eigenvalue weighted by Gasteiger charge is 2.32. The third-order valence-electron chi connectivity index (χ3n) is 5.06. The smallest absolute Gasteiger partial charge is 0.246 e. The molecular weight excluding hydrogens is 356 g/mol. The van der Waals surface area contributed by atoms with Gasteiger partial charge in [-0.3, -0.25) is 4.90 Å². The van der Waals surface area contributed by atoms with Crippen LogP contribution in [0.5, 0.6) is 11.5 Å². The van der Waals surface area contributed by atoms with Crippen molar-refractivity contribution in [3.63, 3.8) is 0 Å². The molecule has 8 heteroatoms. The number of methoxy groups -OCH3 is 2. The molecule has 0 bridgehead atoms. The Morgan fingerprint density at radius 1 is 1.12 bits per heavy atom. The molecule has 0 radical (unpaired) electrons. The summed E-state index contributed by atoms with van der Waals surface area (Å²) in [5.41, 5.74) is 0. The second-order valence-corrected chi connectivity index (χ2v) is 8.62. The number of hydrogen-bond acceptors (Lipinski definition) is 6. The highest BCUT2D eigenvalue weighted by atomic mass is 32.2. The van der Waals surface area contributed by atoms with Gasteiger partial charge in [0.2, 0.25) is 10.0 Å². The summed E-state index contributed by atoms with van der Waals surface area (Å²) >= 11 is 0. The van der Waals surface area contributed by atoms with Crippen molar-refractivity contribution in [1.29, 1.82) is 0 Å². The molecule has 2 aliphatic heterocycles. The third-order valence-corrected chi connectivity index (χ3v) is 6.98. The molecule has 1 aromatic carbocycles. The van der Waals surface area contributed by atoms with Crippen LogP contribution in [0.1, 0.15) is 19.3 Å². The van der Waals surface area contributed by atoms with Crippen LogP contribution in [0.4, 0.5) is 0 Å². The molecule has 2 heterocycles. The Hall–Kier alpha value is -1.35. The van der Waals surface area contributed by atoms with Gasteiger partial charge >= 0.3 is 0 Å². The molecule has 2 aliphatic rings. The van der Waals surface area contributed by atoms with Gasteiger partial charge in [0.1, 0.15) is 16.4 Å². The van der Waals surface area contributed by atoms with E-state index in [4.69, 9.17) is 14.2 Å². The molecule has 26 heavy (non-hydrogen) atoms. The Morgan fingerprint density at radius 3 is 2.50 bits per heavy atom. The van der Waals surface area contributed by atoms with Gasteiger partial charge in [0.05, 0.1) is 20.3 Å². The summed E-state index contributed by atoms with van der Waals surface area (Å²) in [6.07, 6.45) is 3.74.